The molecule has 2 rings (SSSR count). The zero-order valence-corrected chi connectivity index (χ0v) is 12.0. The average molecular weight is 265 g/mol. The molecule has 1 unspecified atom stereocenters. The van der Waals surface area contributed by atoms with Gasteiger partial charge in [0.1, 0.15) is 0 Å². The van der Waals surface area contributed by atoms with E-state index in [1.54, 1.807) is 11.3 Å². The molecule has 0 aliphatic heterocycles. The van der Waals surface area contributed by atoms with Gasteiger partial charge in [-0.1, -0.05) is 32.9 Å². The summed E-state index contributed by atoms with van der Waals surface area (Å²) in [6.07, 6.45) is 1.02. The fraction of sp³-hybridized carbons (Fsp3) is 0.538. The second kappa shape index (κ2) is 4.82. The molecule has 0 aromatic carbocycles. The summed E-state index contributed by atoms with van der Waals surface area (Å²) >= 11 is 1.68. The summed E-state index contributed by atoms with van der Waals surface area (Å²) in [6, 6.07) is 3.89. The highest BCUT2D eigenvalue weighted by atomic mass is 32.1. The van der Waals surface area contributed by atoms with E-state index in [1.807, 2.05) is 6.07 Å². The van der Waals surface area contributed by atoms with E-state index < -0.39 is 0 Å². The van der Waals surface area contributed by atoms with Crippen LogP contribution in [0.3, 0.4) is 0 Å². The third kappa shape index (κ3) is 2.62. The first kappa shape index (κ1) is 13.2. The number of nitrogens with two attached hydrogens (primary N) is 1. The zero-order chi connectivity index (χ0) is 13.3. The zero-order valence-electron chi connectivity index (χ0n) is 11.2. The van der Waals surface area contributed by atoms with Crippen molar-refractivity contribution in [3.8, 4) is 10.8 Å². The molecular weight excluding hydrogens is 246 g/mol. The van der Waals surface area contributed by atoms with Crippen molar-refractivity contribution in [3.05, 3.63) is 22.8 Å². The molecule has 4 nitrogen and oxygen atoms in total. The Kier molecular flexibility index (Phi) is 3.54. The van der Waals surface area contributed by atoms with Crippen LogP contribution in [0.2, 0.25) is 0 Å². The Morgan fingerprint density at radius 2 is 2.11 bits per heavy atom. The lowest BCUT2D eigenvalue weighted by atomic mass is 9.87. The van der Waals surface area contributed by atoms with Crippen LogP contribution in [0.5, 0.6) is 0 Å². The maximum atomic E-state index is 6.11. The van der Waals surface area contributed by atoms with Crippen LogP contribution in [0.4, 0.5) is 0 Å². The van der Waals surface area contributed by atoms with E-state index >= 15 is 0 Å². The smallest absolute Gasteiger partial charge is 0.268 e. The van der Waals surface area contributed by atoms with Crippen molar-refractivity contribution in [2.45, 2.75) is 40.2 Å². The molecule has 0 aliphatic carbocycles. The molecular formula is C13H19N3OS. The predicted molar refractivity (Wildman–Crippen MR) is 73.4 cm³/mol. The van der Waals surface area contributed by atoms with E-state index in [9.17, 15) is 0 Å². The van der Waals surface area contributed by atoms with Gasteiger partial charge in [-0.2, -0.15) is 4.98 Å². The standard InChI is InChI=1S/C13H19N3OS/c1-5-8-6-7-9(18-8)12-15-11(16-17-12)10(14)13(2,3)4/h6-7,10H,5,14H2,1-4H3. The molecule has 0 spiro atoms. The second-order valence-electron chi connectivity index (χ2n) is 5.42. The first-order chi connectivity index (χ1) is 8.41. The maximum Gasteiger partial charge on any atom is 0.268 e. The van der Waals surface area contributed by atoms with Crippen LogP contribution < -0.4 is 5.73 Å². The van der Waals surface area contributed by atoms with E-state index in [2.05, 4.69) is 43.9 Å². The number of nitrogens with zero attached hydrogens (tertiary/aromatic N) is 2. The third-order valence-corrected chi connectivity index (χ3v) is 4.09. The van der Waals surface area contributed by atoms with Gasteiger partial charge < -0.3 is 10.3 Å². The quantitative estimate of drug-likeness (QED) is 0.923. The molecule has 0 fully saturated rings. The van der Waals surface area contributed by atoms with Crippen molar-refractivity contribution in [2.24, 2.45) is 11.1 Å². The number of rotatable bonds is 3. The van der Waals surface area contributed by atoms with Gasteiger partial charge in [-0.15, -0.1) is 11.3 Å². The van der Waals surface area contributed by atoms with Gasteiger partial charge in [0.2, 0.25) is 0 Å². The molecule has 0 amide bonds. The molecule has 98 valence electrons. The van der Waals surface area contributed by atoms with Crippen LogP contribution in [0.15, 0.2) is 16.7 Å². The molecule has 1 atom stereocenters. The van der Waals surface area contributed by atoms with Crippen molar-refractivity contribution >= 4 is 11.3 Å². The minimum Gasteiger partial charge on any atom is -0.333 e. The van der Waals surface area contributed by atoms with Gasteiger partial charge in [0.05, 0.1) is 10.9 Å². The van der Waals surface area contributed by atoms with Gasteiger partial charge in [0.25, 0.3) is 5.89 Å². The fourth-order valence-corrected chi connectivity index (χ4v) is 2.40. The van der Waals surface area contributed by atoms with Gasteiger partial charge in [-0.25, -0.2) is 0 Å². The van der Waals surface area contributed by atoms with E-state index in [4.69, 9.17) is 10.3 Å². The van der Waals surface area contributed by atoms with E-state index in [0.717, 1.165) is 11.3 Å². The van der Waals surface area contributed by atoms with Crippen LogP contribution >= 0.6 is 11.3 Å². The van der Waals surface area contributed by atoms with Crippen molar-refractivity contribution < 1.29 is 4.52 Å². The predicted octanol–water partition coefficient (Wildman–Crippen LogP) is 3.41. The Hall–Kier alpha value is -1.20. The highest BCUT2D eigenvalue weighted by molar-refractivity contribution is 7.15. The van der Waals surface area contributed by atoms with Gasteiger partial charge in [0.15, 0.2) is 5.82 Å². The molecule has 0 saturated heterocycles. The molecule has 0 bridgehead atoms. The van der Waals surface area contributed by atoms with Crippen LogP contribution in [0, 0.1) is 5.41 Å². The van der Waals surface area contributed by atoms with Gasteiger partial charge in [0, 0.05) is 4.88 Å². The Balaban J connectivity index is 2.25. The number of aromatic nitrogens is 2. The highest BCUT2D eigenvalue weighted by Gasteiger charge is 2.27. The molecule has 5 heteroatoms. The van der Waals surface area contributed by atoms with Crippen molar-refractivity contribution in [1.29, 1.82) is 0 Å². The average Bonchev–Trinajstić information content (AvgIpc) is 2.95. The Morgan fingerprint density at radius 3 is 2.67 bits per heavy atom. The largest absolute Gasteiger partial charge is 0.333 e. The lowest BCUT2D eigenvalue weighted by Gasteiger charge is -2.23. The minimum absolute atomic E-state index is 0.0782. The first-order valence-corrected chi connectivity index (χ1v) is 6.91. The molecule has 2 aromatic heterocycles. The molecule has 0 radical (unpaired) electrons. The summed E-state index contributed by atoms with van der Waals surface area (Å²) < 4.78 is 5.29. The summed E-state index contributed by atoms with van der Waals surface area (Å²) in [6.45, 7) is 8.32. The molecule has 2 heterocycles. The van der Waals surface area contributed by atoms with E-state index in [-0.39, 0.29) is 11.5 Å². The molecule has 2 N–H and O–H groups in total. The molecule has 0 aliphatic rings. The van der Waals surface area contributed by atoms with Crippen molar-refractivity contribution in [3.63, 3.8) is 0 Å². The van der Waals surface area contributed by atoms with Crippen LogP contribution in [-0.4, -0.2) is 10.1 Å². The third-order valence-electron chi connectivity index (χ3n) is 2.87. The van der Waals surface area contributed by atoms with Crippen LogP contribution in [0.25, 0.3) is 10.8 Å². The molecule has 0 saturated carbocycles. The number of hydrogen-bond acceptors (Lipinski definition) is 5. The first-order valence-electron chi connectivity index (χ1n) is 6.10. The maximum absolute atomic E-state index is 6.11. The van der Waals surface area contributed by atoms with Crippen LogP contribution in [0.1, 0.15) is 44.4 Å². The lowest BCUT2D eigenvalue weighted by molar-refractivity contribution is 0.303. The highest BCUT2D eigenvalue weighted by Crippen LogP contribution is 2.31. The minimum atomic E-state index is -0.222. The second-order valence-corrected chi connectivity index (χ2v) is 6.59. The Labute approximate surface area is 111 Å². The van der Waals surface area contributed by atoms with Crippen LogP contribution in [-0.2, 0) is 6.42 Å². The number of thiophene rings is 1. The van der Waals surface area contributed by atoms with Gasteiger partial charge in [-0.05, 0) is 24.0 Å². The Morgan fingerprint density at radius 1 is 1.39 bits per heavy atom. The summed E-state index contributed by atoms with van der Waals surface area (Å²) in [7, 11) is 0. The summed E-state index contributed by atoms with van der Waals surface area (Å²) in [5.41, 5.74) is 6.04. The van der Waals surface area contributed by atoms with Crippen molar-refractivity contribution in [2.75, 3.05) is 0 Å². The van der Waals surface area contributed by atoms with Gasteiger partial charge >= 0.3 is 0 Å². The molecule has 2 aromatic rings. The summed E-state index contributed by atoms with van der Waals surface area (Å²) in [5.74, 6) is 1.14. The number of aryl methyl sites for hydroxylation is 1. The Bertz CT molecular complexity index is 524. The summed E-state index contributed by atoms with van der Waals surface area (Å²) in [4.78, 5) is 6.72. The topological polar surface area (TPSA) is 64.9 Å². The van der Waals surface area contributed by atoms with E-state index in [1.165, 1.54) is 4.88 Å². The number of hydrogen-bond donors (Lipinski definition) is 1. The van der Waals surface area contributed by atoms with Crippen molar-refractivity contribution in [1.82, 2.24) is 10.1 Å². The SMILES string of the molecule is CCc1ccc(-c2nc(C(N)C(C)(C)C)no2)s1. The normalized spacial score (nSPS) is 13.8. The lowest BCUT2D eigenvalue weighted by Crippen LogP contribution is -2.27. The van der Waals surface area contributed by atoms with E-state index in [0.29, 0.717) is 11.7 Å². The monoisotopic (exact) mass is 265 g/mol. The summed E-state index contributed by atoms with van der Waals surface area (Å²) in [5, 5.41) is 3.99. The van der Waals surface area contributed by atoms with Gasteiger partial charge in [-0.3, -0.25) is 0 Å². The fourth-order valence-electron chi connectivity index (χ4n) is 1.53. The molecule has 18 heavy (non-hydrogen) atoms.